The van der Waals surface area contributed by atoms with E-state index in [0.717, 1.165) is 15.1 Å². The van der Waals surface area contributed by atoms with E-state index in [1.807, 2.05) is 12.1 Å². The van der Waals surface area contributed by atoms with Crippen LogP contribution in [0.1, 0.15) is 37.0 Å². The second-order valence-corrected chi connectivity index (χ2v) is 7.09. The zero-order valence-electron chi connectivity index (χ0n) is 9.90. The van der Waals surface area contributed by atoms with Crippen LogP contribution in [0.4, 0.5) is 0 Å². The van der Waals surface area contributed by atoms with E-state index >= 15 is 0 Å². The molecule has 18 heavy (non-hydrogen) atoms. The number of nitrogens with one attached hydrogen (secondary N) is 1. The van der Waals surface area contributed by atoms with Gasteiger partial charge in [0.2, 0.25) is 5.91 Å². The zero-order valence-corrected chi connectivity index (χ0v) is 12.3. The molecule has 1 unspecified atom stereocenters. The van der Waals surface area contributed by atoms with Gasteiger partial charge in [0.25, 0.3) is 0 Å². The number of carboxylic acid groups (broad SMARTS) is 1. The summed E-state index contributed by atoms with van der Waals surface area (Å²) >= 11 is 4.84. The highest BCUT2D eigenvalue weighted by molar-refractivity contribution is 9.11. The van der Waals surface area contributed by atoms with Gasteiger partial charge in [-0.2, -0.15) is 0 Å². The van der Waals surface area contributed by atoms with Crippen molar-refractivity contribution in [3.05, 3.63) is 20.8 Å². The first-order valence-electron chi connectivity index (χ1n) is 5.75. The maximum atomic E-state index is 12.1. The van der Waals surface area contributed by atoms with Crippen LogP contribution >= 0.6 is 27.3 Å². The molecule has 1 heterocycles. The summed E-state index contributed by atoms with van der Waals surface area (Å²) in [5.74, 6) is -1.47. The highest BCUT2D eigenvalue weighted by Gasteiger charge is 2.46. The second kappa shape index (κ2) is 5.01. The number of thiophene rings is 1. The lowest BCUT2D eigenvalue weighted by Crippen LogP contribution is -2.59. The van der Waals surface area contributed by atoms with Crippen molar-refractivity contribution >= 4 is 39.1 Å². The molecule has 1 aliphatic rings. The van der Waals surface area contributed by atoms with Gasteiger partial charge in [-0.1, -0.05) is 0 Å². The first-order chi connectivity index (χ1) is 8.44. The standard InChI is InChI=1S/C12H14BrNO3S/c1-7(8-3-4-9(13)18-8)10(15)14-12(11(16)17)5-2-6-12/h3-4,7H,2,5-6H2,1H3,(H,14,15)(H,16,17). The van der Waals surface area contributed by atoms with Crippen LogP contribution in [0.15, 0.2) is 15.9 Å². The maximum absolute atomic E-state index is 12.1. The minimum Gasteiger partial charge on any atom is -0.480 e. The van der Waals surface area contributed by atoms with Crippen LogP contribution in [-0.2, 0) is 9.59 Å². The summed E-state index contributed by atoms with van der Waals surface area (Å²) < 4.78 is 0.966. The number of hydrogen-bond acceptors (Lipinski definition) is 3. The van der Waals surface area contributed by atoms with Gasteiger partial charge in [-0.15, -0.1) is 11.3 Å². The van der Waals surface area contributed by atoms with Crippen molar-refractivity contribution in [3.63, 3.8) is 0 Å². The molecule has 1 aromatic heterocycles. The highest BCUT2D eigenvalue weighted by Crippen LogP contribution is 2.34. The van der Waals surface area contributed by atoms with Crippen LogP contribution in [0.3, 0.4) is 0 Å². The van der Waals surface area contributed by atoms with Crippen molar-refractivity contribution in [2.24, 2.45) is 0 Å². The Kier molecular flexibility index (Phi) is 3.77. The molecule has 1 aromatic rings. The lowest BCUT2D eigenvalue weighted by atomic mass is 9.76. The summed E-state index contributed by atoms with van der Waals surface area (Å²) in [4.78, 5) is 24.2. The first kappa shape index (κ1) is 13.5. The van der Waals surface area contributed by atoms with E-state index < -0.39 is 11.5 Å². The van der Waals surface area contributed by atoms with Gasteiger partial charge in [0.05, 0.1) is 9.70 Å². The third kappa shape index (κ3) is 2.44. The van der Waals surface area contributed by atoms with Crippen molar-refractivity contribution in [1.82, 2.24) is 5.32 Å². The molecule has 1 amide bonds. The average molecular weight is 332 g/mol. The number of carbonyl (C=O) groups excluding carboxylic acids is 1. The van der Waals surface area contributed by atoms with Gasteiger partial charge in [-0.05, 0) is 54.2 Å². The van der Waals surface area contributed by atoms with Crippen LogP contribution in [0.5, 0.6) is 0 Å². The smallest absolute Gasteiger partial charge is 0.329 e. The molecule has 0 saturated heterocycles. The Morgan fingerprint density at radius 2 is 2.17 bits per heavy atom. The van der Waals surface area contributed by atoms with Gasteiger partial charge in [0, 0.05) is 4.88 Å². The van der Waals surface area contributed by atoms with Crippen molar-refractivity contribution in [3.8, 4) is 0 Å². The lowest BCUT2D eigenvalue weighted by molar-refractivity contribution is -0.152. The number of carbonyl (C=O) groups is 2. The predicted molar refractivity (Wildman–Crippen MR) is 72.8 cm³/mol. The minimum atomic E-state index is -1.03. The van der Waals surface area contributed by atoms with Gasteiger partial charge in [-0.25, -0.2) is 4.79 Å². The second-order valence-electron chi connectivity index (χ2n) is 4.59. The number of rotatable bonds is 4. The summed E-state index contributed by atoms with van der Waals surface area (Å²) in [6.45, 7) is 1.79. The predicted octanol–water partition coefficient (Wildman–Crippen LogP) is 2.74. The van der Waals surface area contributed by atoms with Gasteiger partial charge in [0.1, 0.15) is 5.54 Å². The number of carboxylic acids is 1. The topological polar surface area (TPSA) is 66.4 Å². The summed E-state index contributed by atoms with van der Waals surface area (Å²) in [6.07, 6.45) is 1.90. The molecule has 98 valence electrons. The molecule has 0 spiro atoms. The SMILES string of the molecule is CC(C(=O)NC1(C(=O)O)CCC1)c1ccc(Br)s1. The van der Waals surface area contributed by atoms with E-state index in [1.54, 1.807) is 6.92 Å². The molecule has 4 nitrogen and oxygen atoms in total. The van der Waals surface area contributed by atoms with E-state index in [-0.39, 0.29) is 11.8 Å². The molecule has 0 bridgehead atoms. The van der Waals surface area contributed by atoms with Crippen molar-refractivity contribution < 1.29 is 14.7 Å². The fourth-order valence-electron chi connectivity index (χ4n) is 1.96. The Labute approximate surface area is 118 Å². The summed E-state index contributed by atoms with van der Waals surface area (Å²) in [5, 5.41) is 11.9. The number of halogens is 1. The molecular formula is C12H14BrNO3S. The molecule has 2 N–H and O–H groups in total. The molecule has 0 aliphatic heterocycles. The number of amides is 1. The third-order valence-electron chi connectivity index (χ3n) is 3.39. The van der Waals surface area contributed by atoms with Gasteiger partial charge >= 0.3 is 5.97 Å². The molecule has 6 heteroatoms. The van der Waals surface area contributed by atoms with E-state index in [9.17, 15) is 9.59 Å². The van der Waals surface area contributed by atoms with Crippen LogP contribution in [-0.4, -0.2) is 22.5 Å². The summed E-state index contributed by atoms with van der Waals surface area (Å²) in [7, 11) is 0. The zero-order chi connectivity index (χ0) is 13.3. The molecule has 2 rings (SSSR count). The highest BCUT2D eigenvalue weighted by atomic mass is 79.9. The van der Waals surface area contributed by atoms with Crippen molar-refractivity contribution in [1.29, 1.82) is 0 Å². The van der Waals surface area contributed by atoms with Gasteiger partial charge in [0.15, 0.2) is 0 Å². The minimum absolute atomic E-state index is 0.216. The van der Waals surface area contributed by atoms with Crippen LogP contribution < -0.4 is 5.32 Å². The van der Waals surface area contributed by atoms with Gasteiger partial charge < -0.3 is 10.4 Å². The Morgan fingerprint density at radius 3 is 2.56 bits per heavy atom. The monoisotopic (exact) mass is 331 g/mol. The van der Waals surface area contributed by atoms with Crippen molar-refractivity contribution in [2.45, 2.75) is 37.6 Å². The van der Waals surface area contributed by atoms with Gasteiger partial charge in [-0.3, -0.25) is 4.79 Å². The summed E-state index contributed by atoms with van der Waals surface area (Å²) in [5.41, 5.74) is -1.03. The van der Waals surface area contributed by atoms with Crippen LogP contribution in [0.2, 0.25) is 0 Å². The Bertz CT molecular complexity index is 481. The van der Waals surface area contributed by atoms with E-state index in [2.05, 4.69) is 21.2 Å². The first-order valence-corrected chi connectivity index (χ1v) is 7.36. The Balaban J connectivity index is 2.06. The van der Waals surface area contributed by atoms with E-state index in [0.29, 0.717) is 12.8 Å². The molecule has 0 radical (unpaired) electrons. The van der Waals surface area contributed by atoms with Crippen LogP contribution in [0, 0.1) is 0 Å². The van der Waals surface area contributed by atoms with E-state index in [1.165, 1.54) is 11.3 Å². The fraction of sp³-hybridized carbons (Fsp3) is 0.500. The van der Waals surface area contributed by atoms with Crippen LogP contribution in [0.25, 0.3) is 0 Å². The molecule has 1 aliphatic carbocycles. The molecule has 1 saturated carbocycles. The number of aliphatic carboxylic acids is 1. The maximum Gasteiger partial charge on any atom is 0.329 e. The average Bonchev–Trinajstić information content (AvgIpc) is 2.68. The normalized spacial score (nSPS) is 18.8. The Morgan fingerprint density at radius 1 is 1.50 bits per heavy atom. The third-order valence-corrected chi connectivity index (χ3v) is 5.20. The van der Waals surface area contributed by atoms with Crippen molar-refractivity contribution in [2.75, 3.05) is 0 Å². The largest absolute Gasteiger partial charge is 0.480 e. The molecule has 0 aromatic carbocycles. The molecule has 1 atom stereocenters. The number of hydrogen-bond donors (Lipinski definition) is 2. The molecule has 1 fully saturated rings. The lowest BCUT2D eigenvalue weighted by Gasteiger charge is -2.38. The fourth-order valence-corrected chi connectivity index (χ4v) is 3.43. The summed E-state index contributed by atoms with van der Waals surface area (Å²) in [6, 6.07) is 3.77. The quantitative estimate of drug-likeness (QED) is 0.891. The van der Waals surface area contributed by atoms with E-state index in [4.69, 9.17) is 5.11 Å². The molecular weight excluding hydrogens is 318 g/mol. The Hall–Kier alpha value is -0.880.